The number of fused-ring (bicyclic) bond motifs is 1. The Morgan fingerprint density at radius 1 is 0.750 bits per heavy atom. The highest BCUT2D eigenvalue weighted by atomic mass is 16.4. The van der Waals surface area contributed by atoms with Gasteiger partial charge in [0.25, 0.3) is 0 Å². The molecule has 0 fully saturated rings. The Balaban J connectivity index is 1.41. The first-order valence-corrected chi connectivity index (χ1v) is 15.9. The molecule has 0 saturated heterocycles. The minimum absolute atomic E-state index is 0.0611. The Morgan fingerprint density at radius 2 is 1.29 bits per heavy atom. The van der Waals surface area contributed by atoms with E-state index in [1.165, 1.54) is 17.0 Å². The van der Waals surface area contributed by atoms with Crippen LogP contribution in [0.15, 0.2) is 109 Å². The van der Waals surface area contributed by atoms with E-state index < -0.39 is 53.8 Å². The van der Waals surface area contributed by atoms with Gasteiger partial charge >= 0.3 is 5.97 Å². The molecule has 5 atom stereocenters. The maximum Gasteiger partial charge on any atom is 0.326 e. The Labute approximate surface area is 279 Å². The first kappa shape index (κ1) is 33.9. The standard InChI is InChI=1S/C38H40N4O6/c1-24-30-15-9-8-14-28(30)23-42(37(46)31(39)20-27-16-18-29(43)19-17-27)34(24)36(45)40-32(21-25-10-4-2-5-11-25)35(44)41-33(38(47)48)22-26-12-6-3-7-13-26/h2-19,24,31-34,43H,20-23,39H2,1H3,(H,40,45)(H,41,44)(H,47,48)/t24-,31+,32+,33+,34-/m1/s1. The number of carbonyl (C=O) groups is 4. The molecule has 0 aromatic heterocycles. The predicted molar refractivity (Wildman–Crippen MR) is 181 cm³/mol. The van der Waals surface area contributed by atoms with Crippen LogP contribution in [0.2, 0.25) is 0 Å². The second-order valence-corrected chi connectivity index (χ2v) is 12.2. The van der Waals surface area contributed by atoms with Crippen molar-refractivity contribution in [2.45, 2.75) is 62.8 Å². The number of phenols is 1. The van der Waals surface area contributed by atoms with Gasteiger partial charge in [0.2, 0.25) is 17.7 Å². The van der Waals surface area contributed by atoms with Crippen molar-refractivity contribution in [3.05, 3.63) is 137 Å². The van der Waals surface area contributed by atoms with Gasteiger partial charge in [0.15, 0.2) is 0 Å². The van der Waals surface area contributed by atoms with Gasteiger partial charge in [-0.05, 0) is 46.4 Å². The fourth-order valence-corrected chi connectivity index (χ4v) is 6.25. The molecule has 1 heterocycles. The lowest BCUT2D eigenvalue weighted by Crippen LogP contribution is -2.61. The number of carboxylic acids is 1. The van der Waals surface area contributed by atoms with Gasteiger partial charge < -0.3 is 31.5 Å². The van der Waals surface area contributed by atoms with Gasteiger partial charge in [-0.15, -0.1) is 0 Å². The molecule has 1 aliphatic rings. The molecule has 0 radical (unpaired) electrons. The van der Waals surface area contributed by atoms with Gasteiger partial charge in [-0.25, -0.2) is 4.79 Å². The number of aliphatic carboxylic acids is 1. The highest BCUT2D eigenvalue weighted by Crippen LogP contribution is 2.34. The molecule has 0 unspecified atom stereocenters. The summed E-state index contributed by atoms with van der Waals surface area (Å²) >= 11 is 0. The minimum Gasteiger partial charge on any atom is -0.508 e. The molecule has 0 bridgehead atoms. The maximum absolute atomic E-state index is 14.3. The van der Waals surface area contributed by atoms with Crippen molar-refractivity contribution in [1.29, 1.82) is 0 Å². The molecular weight excluding hydrogens is 608 g/mol. The Hall–Kier alpha value is -5.48. The summed E-state index contributed by atoms with van der Waals surface area (Å²) < 4.78 is 0. The molecule has 10 nitrogen and oxygen atoms in total. The molecule has 4 aromatic carbocycles. The average Bonchev–Trinajstić information content (AvgIpc) is 3.09. The number of carbonyl (C=O) groups excluding carboxylic acids is 3. The highest BCUT2D eigenvalue weighted by Gasteiger charge is 2.42. The number of nitrogens with two attached hydrogens (primary N) is 1. The summed E-state index contributed by atoms with van der Waals surface area (Å²) in [5.74, 6) is -3.17. The second kappa shape index (κ2) is 15.4. The number of amides is 3. The van der Waals surface area contributed by atoms with Crippen LogP contribution in [0.25, 0.3) is 0 Å². The quantitative estimate of drug-likeness (QED) is 0.157. The number of aromatic hydroxyl groups is 1. The fraction of sp³-hybridized carbons (Fsp3) is 0.263. The summed E-state index contributed by atoms with van der Waals surface area (Å²) in [5.41, 5.74) is 10.5. The number of carboxylic acid groups (broad SMARTS) is 1. The van der Waals surface area contributed by atoms with Crippen molar-refractivity contribution >= 4 is 23.7 Å². The third-order valence-electron chi connectivity index (χ3n) is 8.77. The van der Waals surface area contributed by atoms with Crippen molar-refractivity contribution in [3.8, 4) is 5.75 Å². The van der Waals surface area contributed by atoms with Crippen LogP contribution >= 0.6 is 0 Å². The Morgan fingerprint density at radius 3 is 1.90 bits per heavy atom. The van der Waals surface area contributed by atoms with Gasteiger partial charge in [0, 0.05) is 25.3 Å². The van der Waals surface area contributed by atoms with Gasteiger partial charge in [-0.2, -0.15) is 0 Å². The van der Waals surface area contributed by atoms with E-state index in [9.17, 15) is 29.4 Å². The fourth-order valence-electron chi connectivity index (χ4n) is 6.25. The van der Waals surface area contributed by atoms with E-state index in [0.717, 1.165) is 27.8 Å². The van der Waals surface area contributed by atoms with Gasteiger partial charge in [0.1, 0.15) is 23.9 Å². The van der Waals surface area contributed by atoms with Gasteiger partial charge in [-0.3, -0.25) is 14.4 Å². The Kier molecular flexibility index (Phi) is 10.9. The molecule has 48 heavy (non-hydrogen) atoms. The predicted octanol–water partition coefficient (Wildman–Crippen LogP) is 3.32. The van der Waals surface area contributed by atoms with E-state index >= 15 is 0 Å². The van der Waals surface area contributed by atoms with Crippen LogP contribution in [0.5, 0.6) is 5.75 Å². The van der Waals surface area contributed by atoms with Gasteiger partial charge in [-0.1, -0.05) is 104 Å². The van der Waals surface area contributed by atoms with Crippen molar-refractivity contribution in [2.75, 3.05) is 0 Å². The number of rotatable bonds is 12. The van der Waals surface area contributed by atoms with Crippen LogP contribution in [0.4, 0.5) is 0 Å². The summed E-state index contributed by atoms with van der Waals surface area (Å²) in [7, 11) is 0. The zero-order chi connectivity index (χ0) is 34.2. The number of nitrogens with one attached hydrogen (secondary N) is 2. The van der Waals surface area contributed by atoms with Crippen LogP contribution in [0, 0.1) is 0 Å². The third-order valence-corrected chi connectivity index (χ3v) is 8.77. The molecule has 0 saturated carbocycles. The molecule has 6 N–H and O–H groups in total. The lowest BCUT2D eigenvalue weighted by atomic mass is 9.83. The number of benzene rings is 4. The van der Waals surface area contributed by atoms with E-state index in [0.29, 0.717) is 0 Å². The van der Waals surface area contributed by atoms with Crippen LogP contribution in [-0.2, 0) is 45.0 Å². The molecule has 0 spiro atoms. The van der Waals surface area contributed by atoms with E-state index in [1.54, 1.807) is 36.4 Å². The Bertz CT molecular complexity index is 1730. The van der Waals surface area contributed by atoms with Crippen molar-refractivity contribution in [2.24, 2.45) is 5.73 Å². The van der Waals surface area contributed by atoms with E-state index in [-0.39, 0.29) is 31.6 Å². The number of hydrogen-bond acceptors (Lipinski definition) is 6. The summed E-state index contributed by atoms with van der Waals surface area (Å²) in [6, 6.07) is 27.8. The van der Waals surface area contributed by atoms with E-state index in [1.807, 2.05) is 67.6 Å². The largest absolute Gasteiger partial charge is 0.508 e. The normalized spacial score (nSPS) is 17.3. The first-order valence-electron chi connectivity index (χ1n) is 15.9. The maximum atomic E-state index is 14.3. The van der Waals surface area contributed by atoms with Crippen molar-refractivity contribution in [1.82, 2.24) is 15.5 Å². The van der Waals surface area contributed by atoms with E-state index in [4.69, 9.17) is 5.73 Å². The van der Waals surface area contributed by atoms with E-state index in [2.05, 4.69) is 10.6 Å². The molecule has 248 valence electrons. The molecule has 5 rings (SSSR count). The van der Waals surface area contributed by atoms with Crippen LogP contribution in [0.1, 0.15) is 40.7 Å². The smallest absolute Gasteiger partial charge is 0.326 e. The molecular formula is C38H40N4O6. The molecule has 0 aliphatic carbocycles. The zero-order valence-corrected chi connectivity index (χ0v) is 26.7. The van der Waals surface area contributed by atoms with Crippen LogP contribution < -0.4 is 16.4 Å². The van der Waals surface area contributed by atoms with Crippen LogP contribution in [-0.4, -0.2) is 63.0 Å². The monoisotopic (exact) mass is 648 g/mol. The lowest BCUT2D eigenvalue weighted by Gasteiger charge is -2.41. The second-order valence-electron chi connectivity index (χ2n) is 12.2. The topological polar surface area (TPSA) is 162 Å². The summed E-state index contributed by atoms with van der Waals surface area (Å²) in [5, 5.41) is 25.1. The first-order chi connectivity index (χ1) is 23.1. The number of nitrogens with zero attached hydrogens (tertiary/aromatic N) is 1. The van der Waals surface area contributed by atoms with Crippen LogP contribution in [0.3, 0.4) is 0 Å². The van der Waals surface area contributed by atoms with Crippen molar-refractivity contribution < 1.29 is 29.4 Å². The molecule has 4 aromatic rings. The highest BCUT2D eigenvalue weighted by molar-refractivity contribution is 5.95. The number of phenolic OH excluding ortho intramolecular Hbond substituents is 1. The SMILES string of the molecule is C[C@@H]1c2ccccc2CN(C(=O)[C@@H](N)Cc2ccc(O)cc2)[C@H]1C(=O)N[C@@H](Cc1ccccc1)C(=O)N[C@@H](Cc1ccccc1)C(=O)O. The third kappa shape index (κ3) is 8.26. The molecule has 3 amide bonds. The number of hydrogen-bond donors (Lipinski definition) is 5. The van der Waals surface area contributed by atoms with Crippen molar-refractivity contribution in [3.63, 3.8) is 0 Å². The summed E-state index contributed by atoms with van der Waals surface area (Å²) in [6.07, 6.45) is 0.352. The summed E-state index contributed by atoms with van der Waals surface area (Å²) in [4.78, 5) is 55.7. The minimum atomic E-state index is -1.23. The summed E-state index contributed by atoms with van der Waals surface area (Å²) in [6.45, 7) is 2.01. The molecule has 1 aliphatic heterocycles. The molecule has 10 heteroatoms. The van der Waals surface area contributed by atoms with Gasteiger partial charge in [0.05, 0.1) is 6.04 Å². The average molecular weight is 649 g/mol. The lowest BCUT2D eigenvalue weighted by molar-refractivity contribution is -0.145. The zero-order valence-electron chi connectivity index (χ0n) is 26.7.